The van der Waals surface area contributed by atoms with E-state index in [2.05, 4.69) is 5.32 Å². The number of nitrogens with zero attached hydrogens (tertiary/aromatic N) is 1. The molecule has 3 rings (SSSR count). The van der Waals surface area contributed by atoms with Gasteiger partial charge in [0.1, 0.15) is 0 Å². The van der Waals surface area contributed by atoms with Crippen molar-refractivity contribution in [2.75, 3.05) is 10.2 Å². The maximum Gasteiger partial charge on any atom is 0.463 e. The van der Waals surface area contributed by atoms with Gasteiger partial charge in [0.2, 0.25) is 0 Å². The molecule has 29 heavy (non-hydrogen) atoms. The van der Waals surface area contributed by atoms with Crippen molar-refractivity contribution in [2.24, 2.45) is 0 Å². The lowest BCUT2D eigenvalue weighted by Crippen LogP contribution is -2.50. The minimum atomic E-state index is -6.01. The summed E-state index contributed by atoms with van der Waals surface area (Å²) in [6.45, 7) is 0. The zero-order valence-electron chi connectivity index (χ0n) is 14.8. The van der Waals surface area contributed by atoms with E-state index in [0.29, 0.717) is 10.6 Å². The van der Waals surface area contributed by atoms with Crippen LogP contribution in [0.4, 0.5) is 44.7 Å². The molecular formula is C21H15F5N2O. The van der Waals surface area contributed by atoms with Crippen LogP contribution in [0.5, 0.6) is 0 Å². The highest BCUT2D eigenvalue weighted by Gasteiger charge is 2.65. The lowest BCUT2D eigenvalue weighted by Gasteiger charge is -2.28. The number of hydrogen-bond donors (Lipinski definition) is 1. The monoisotopic (exact) mass is 406 g/mol. The number of para-hydroxylation sites is 2. The third-order valence-electron chi connectivity index (χ3n) is 4.03. The summed E-state index contributed by atoms with van der Waals surface area (Å²) >= 11 is 0. The van der Waals surface area contributed by atoms with Crippen molar-refractivity contribution in [3.63, 3.8) is 0 Å². The molecule has 3 aromatic carbocycles. The van der Waals surface area contributed by atoms with Crippen LogP contribution < -0.4 is 10.2 Å². The van der Waals surface area contributed by atoms with Crippen molar-refractivity contribution >= 4 is 28.7 Å². The van der Waals surface area contributed by atoms with Gasteiger partial charge in [0.25, 0.3) is 0 Å². The van der Waals surface area contributed by atoms with Crippen LogP contribution in [0.1, 0.15) is 0 Å². The maximum absolute atomic E-state index is 13.8. The second-order valence-corrected chi connectivity index (χ2v) is 6.09. The molecule has 0 spiro atoms. The summed E-state index contributed by atoms with van der Waals surface area (Å²) in [5.74, 6) is -7.91. The Kier molecular flexibility index (Phi) is 5.54. The number of nitrogens with one attached hydrogen (secondary N) is 1. The van der Waals surface area contributed by atoms with Crippen LogP contribution >= 0.6 is 0 Å². The first-order chi connectivity index (χ1) is 13.7. The SMILES string of the molecule is O=C(N(c1ccccc1)c1ccc(Nc2ccccc2)cc1)C(F)(F)C(F)(F)F. The number of carbonyl (C=O) groups is 1. The van der Waals surface area contributed by atoms with Gasteiger partial charge >= 0.3 is 18.0 Å². The van der Waals surface area contributed by atoms with Gasteiger partial charge < -0.3 is 5.32 Å². The summed E-state index contributed by atoms with van der Waals surface area (Å²) in [5, 5.41) is 3.06. The van der Waals surface area contributed by atoms with E-state index in [1.807, 2.05) is 18.2 Å². The molecule has 0 aromatic heterocycles. The van der Waals surface area contributed by atoms with Crippen molar-refractivity contribution in [3.8, 4) is 0 Å². The predicted molar refractivity (Wildman–Crippen MR) is 101 cm³/mol. The molecule has 1 N–H and O–H groups in total. The second-order valence-electron chi connectivity index (χ2n) is 6.09. The number of amides is 1. The topological polar surface area (TPSA) is 32.3 Å². The molecule has 3 aromatic rings. The third-order valence-corrected chi connectivity index (χ3v) is 4.03. The van der Waals surface area contributed by atoms with Gasteiger partial charge in [-0.25, -0.2) is 0 Å². The number of halogens is 5. The molecule has 3 nitrogen and oxygen atoms in total. The number of benzene rings is 3. The molecule has 0 aliphatic rings. The average Bonchev–Trinajstić information content (AvgIpc) is 2.70. The molecule has 0 saturated heterocycles. The summed E-state index contributed by atoms with van der Waals surface area (Å²) < 4.78 is 65.9. The quantitative estimate of drug-likeness (QED) is 0.505. The zero-order valence-corrected chi connectivity index (χ0v) is 14.8. The zero-order chi connectivity index (χ0) is 21.1. The first-order valence-electron chi connectivity index (χ1n) is 8.46. The molecule has 0 aliphatic carbocycles. The van der Waals surface area contributed by atoms with E-state index in [-0.39, 0.29) is 11.4 Å². The van der Waals surface area contributed by atoms with Crippen LogP contribution in [0.25, 0.3) is 0 Å². The Labute approximate surface area is 163 Å². The Morgan fingerprint density at radius 3 is 1.62 bits per heavy atom. The fraction of sp³-hybridized carbons (Fsp3) is 0.0952. The smallest absolute Gasteiger partial charge is 0.356 e. The summed E-state index contributed by atoms with van der Waals surface area (Å²) in [5.41, 5.74) is 1.11. The van der Waals surface area contributed by atoms with E-state index < -0.39 is 18.0 Å². The van der Waals surface area contributed by atoms with Gasteiger partial charge in [-0.3, -0.25) is 9.69 Å². The fourth-order valence-electron chi connectivity index (χ4n) is 2.60. The van der Waals surface area contributed by atoms with Gasteiger partial charge in [-0.15, -0.1) is 0 Å². The molecule has 150 valence electrons. The summed E-state index contributed by atoms with van der Waals surface area (Å²) in [4.78, 5) is 12.6. The standard InChI is InChI=1S/C21H15F5N2O/c22-20(23,21(24,25)26)19(29)28(17-9-5-2-6-10-17)18-13-11-16(12-14-18)27-15-7-3-1-4-8-15/h1-14,27H. The molecule has 0 atom stereocenters. The van der Waals surface area contributed by atoms with Gasteiger partial charge in [-0.2, -0.15) is 22.0 Å². The molecule has 0 radical (unpaired) electrons. The second kappa shape index (κ2) is 7.90. The number of rotatable bonds is 5. The van der Waals surface area contributed by atoms with Gasteiger partial charge in [0.05, 0.1) is 0 Å². The normalized spacial score (nSPS) is 11.8. The van der Waals surface area contributed by atoms with E-state index >= 15 is 0 Å². The third kappa shape index (κ3) is 4.37. The highest BCUT2D eigenvalue weighted by Crippen LogP contribution is 2.40. The van der Waals surface area contributed by atoms with Gasteiger partial charge in [-0.1, -0.05) is 36.4 Å². The minimum absolute atomic E-state index is 0.106. The van der Waals surface area contributed by atoms with Gasteiger partial charge in [0, 0.05) is 22.7 Å². The van der Waals surface area contributed by atoms with Crippen molar-refractivity contribution in [2.45, 2.75) is 12.1 Å². The molecule has 0 aliphatic heterocycles. The van der Waals surface area contributed by atoms with Gasteiger partial charge in [0.15, 0.2) is 0 Å². The fourth-order valence-corrected chi connectivity index (χ4v) is 2.60. The lowest BCUT2D eigenvalue weighted by molar-refractivity contribution is -0.268. The van der Waals surface area contributed by atoms with E-state index in [1.54, 1.807) is 18.2 Å². The molecule has 8 heteroatoms. The first-order valence-corrected chi connectivity index (χ1v) is 8.46. The number of anilines is 4. The number of alkyl halides is 5. The van der Waals surface area contributed by atoms with E-state index in [4.69, 9.17) is 0 Å². The van der Waals surface area contributed by atoms with Crippen molar-refractivity contribution in [1.82, 2.24) is 0 Å². The van der Waals surface area contributed by atoms with E-state index in [9.17, 15) is 26.7 Å². The molecular weight excluding hydrogens is 391 g/mol. The Morgan fingerprint density at radius 2 is 1.10 bits per heavy atom. The van der Waals surface area contributed by atoms with Crippen molar-refractivity contribution in [3.05, 3.63) is 84.9 Å². The van der Waals surface area contributed by atoms with E-state index in [0.717, 1.165) is 5.69 Å². The summed E-state index contributed by atoms with van der Waals surface area (Å²) in [7, 11) is 0. The molecule has 0 unspecified atom stereocenters. The van der Waals surface area contributed by atoms with Crippen LogP contribution in [0.3, 0.4) is 0 Å². The molecule has 0 bridgehead atoms. The number of hydrogen-bond acceptors (Lipinski definition) is 2. The lowest BCUT2D eigenvalue weighted by atomic mass is 10.1. The van der Waals surface area contributed by atoms with Crippen LogP contribution in [0.2, 0.25) is 0 Å². The maximum atomic E-state index is 13.8. The minimum Gasteiger partial charge on any atom is -0.356 e. The van der Waals surface area contributed by atoms with Gasteiger partial charge in [-0.05, 0) is 48.5 Å². The van der Waals surface area contributed by atoms with Crippen LogP contribution in [0, 0.1) is 0 Å². The van der Waals surface area contributed by atoms with Crippen LogP contribution in [-0.4, -0.2) is 18.0 Å². The summed E-state index contributed by atoms with van der Waals surface area (Å²) in [6, 6.07) is 21.6. The molecule has 0 saturated carbocycles. The first kappa shape index (κ1) is 20.3. The highest BCUT2D eigenvalue weighted by molar-refractivity contribution is 6.05. The Balaban J connectivity index is 1.96. The Morgan fingerprint density at radius 1 is 0.655 bits per heavy atom. The van der Waals surface area contributed by atoms with Crippen molar-refractivity contribution < 1.29 is 26.7 Å². The van der Waals surface area contributed by atoms with Crippen LogP contribution in [0.15, 0.2) is 84.9 Å². The molecule has 0 fully saturated rings. The van der Waals surface area contributed by atoms with Crippen molar-refractivity contribution in [1.29, 1.82) is 0 Å². The van der Waals surface area contributed by atoms with Crippen LogP contribution in [-0.2, 0) is 4.79 Å². The Bertz CT molecular complexity index is 958. The summed E-state index contributed by atoms with van der Waals surface area (Å²) in [6.07, 6.45) is -6.01. The molecule has 0 heterocycles. The number of carbonyl (C=O) groups excluding carboxylic acids is 1. The molecule has 1 amide bonds. The highest BCUT2D eigenvalue weighted by atomic mass is 19.4. The average molecular weight is 406 g/mol. The predicted octanol–water partition coefficient (Wildman–Crippen LogP) is 6.29. The largest absolute Gasteiger partial charge is 0.463 e. The Hall–Kier alpha value is -3.42. The van der Waals surface area contributed by atoms with E-state index in [1.165, 1.54) is 48.5 Å².